The number of benzene rings is 1. The van der Waals surface area contributed by atoms with Gasteiger partial charge >= 0.3 is 0 Å². The lowest BCUT2D eigenvalue weighted by Gasteiger charge is -2.18. The Kier molecular flexibility index (Phi) is 7.15. The number of unbranched alkanes of at least 4 members (excludes halogenated alkanes) is 1. The summed E-state index contributed by atoms with van der Waals surface area (Å²) in [6.07, 6.45) is 1.84. The molecule has 1 N–H and O–H groups in total. The highest BCUT2D eigenvalue weighted by atomic mass is 79.9. The standard InChI is InChI=1S/C14H23BrN2O2S/c1-4-6-9-17(3)20(18,19)14-8-7-12(10-13(14)15)11-16-5-2/h7-8,10,16H,4-6,9,11H2,1-3H3. The van der Waals surface area contributed by atoms with Crippen LogP contribution in [0.5, 0.6) is 0 Å². The Labute approximate surface area is 130 Å². The summed E-state index contributed by atoms with van der Waals surface area (Å²) in [5.74, 6) is 0. The fourth-order valence-electron chi connectivity index (χ4n) is 1.80. The van der Waals surface area contributed by atoms with Crippen LogP contribution in [-0.4, -0.2) is 32.9 Å². The summed E-state index contributed by atoms with van der Waals surface area (Å²) in [7, 11) is -1.78. The predicted molar refractivity (Wildman–Crippen MR) is 86.2 cm³/mol. The normalized spacial score (nSPS) is 12.1. The molecule has 20 heavy (non-hydrogen) atoms. The average Bonchev–Trinajstić information content (AvgIpc) is 2.42. The zero-order valence-electron chi connectivity index (χ0n) is 12.3. The van der Waals surface area contributed by atoms with E-state index in [2.05, 4.69) is 21.2 Å². The average molecular weight is 363 g/mol. The zero-order chi connectivity index (χ0) is 15.2. The highest BCUT2D eigenvalue weighted by Gasteiger charge is 2.22. The van der Waals surface area contributed by atoms with Gasteiger partial charge in [-0.25, -0.2) is 12.7 Å². The molecule has 1 aromatic rings. The Morgan fingerprint density at radius 1 is 1.30 bits per heavy atom. The Morgan fingerprint density at radius 3 is 2.55 bits per heavy atom. The van der Waals surface area contributed by atoms with E-state index < -0.39 is 10.0 Å². The largest absolute Gasteiger partial charge is 0.313 e. The number of hydrogen-bond donors (Lipinski definition) is 1. The van der Waals surface area contributed by atoms with Crippen molar-refractivity contribution in [2.75, 3.05) is 20.1 Å². The molecule has 114 valence electrons. The van der Waals surface area contributed by atoms with Gasteiger partial charge in [0.15, 0.2) is 0 Å². The van der Waals surface area contributed by atoms with Crippen molar-refractivity contribution in [1.29, 1.82) is 0 Å². The molecule has 0 aliphatic rings. The molecule has 0 heterocycles. The van der Waals surface area contributed by atoms with Crippen molar-refractivity contribution >= 4 is 26.0 Å². The summed E-state index contributed by atoms with van der Waals surface area (Å²) < 4.78 is 27.0. The number of hydrogen-bond acceptors (Lipinski definition) is 3. The van der Waals surface area contributed by atoms with E-state index in [9.17, 15) is 8.42 Å². The van der Waals surface area contributed by atoms with Gasteiger partial charge in [-0.15, -0.1) is 0 Å². The first kappa shape index (κ1) is 17.6. The highest BCUT2D eigenvalue weighted by molar-refractivity contribution is 9.10. The summed E-state index contributed by atoms with van der Waals surface area (Å²) in [5, 5.41) is 3.22. The molecule has 0 fully saturated rings. The van der Waals surface area contributed by atoms with E-state index in [1.165, 1.54) is 4.31 Å². The lowest BCUT2D eigenvalue weighted by atomic mass is 10.2. The number of sulfonamides is 1. The first-order valence-electron chi connectivity index (χ1n) is 6.89. The molecule has 6 heteroatoms. The minimum absolute atomic E-state index is 0.330. The Morgan fingerprint density at radius 2 is 2.00 bits per heavy atom. The van der Waals surface area contributed by atoms with Gasteiger partial charge in [-0.1, -0.05) is 26.3 Å². The molecule has 0 amide bonds. The van der Waals surface area contributed by atoms with Crippen LogP contribution >= 0.6 is 15.9 Å². The van der Waals surface area contributed by atoms with Crippen LogP contribution in [0.3, 0.4) is 0 Å². The summed E-state index contributed by atoms with van der Waals surface area (Å²) in [5.41, 5.74) is 1.06. The molecule has 4 nitrogen and oxygen atoms in total. The number of nitrogens with zero attached hydrogens (tertiary/aromatic N) is 1. The Hall–Kier alpha value is -0.430. The maximum Gasteiger partial charge on any atom is 0.243 e. The van der Waals surface area contributed by atoms with Gasteiger partial charge in [0.05, 0.1) is 4.90 Å². The number of nitrogens with one attached hydrogen (secondary N) is 1. The van der Waals surface area contributed by atoms with Gasteiger partial charge in [-0.05, 0) is 46.6 Å². The van der Waals surface area contributed by atoms with Crippen molar-refractivity contribution in [3.05, 3.63) is 28.2 Å². The van der Waals surface area contributed by atoms with E-state index in [1.807, 2.05) is 26.0 Å². The van der Waals surface area contributed by atoms with E-state index in [0.717, 1.165) is 31.5 Å². The molecule has 0 saturated carbocycles. The van der Waals surface area contributed by atoms with Crippen LogP contribution < -0.4 is 5.32 Å². The lowest BCUT2D eigenvalue weighted by molar-refractivity contribution is 0.459. The fraction of sp³-hybridized carbons (Fsp3) is 0.571. The topological polar surface area (TPSA) is 49.4 Å². The molecule has 0 saturated heterocycles. The molecule has 1 aromatic carbocycles. The van der Waals surface area contributed by atoms with Gasteiger partial charge in [0.1, 0.15) is 0 Å². The zero-order valence-corrected chi connectivity index (χ0v) is 14.7. The summed E-state index contributed by atoms with van der Waals surface area (Å²) in [4.78, 5) is 0.330. The lowest BCUT2D eigenvalue weighted by Crippen LogP contribution is -2.28. The third-order valence-corrected chi connectivity index (χ3v) is 5.92. The van der Waals surface area contributed by atoms with Crippen molar-refractivity contribution in [3.8, 4) is 0 Å². The molecule has 0 aliphatic heterocycles. The second kappa shape index (κ2) is 8.12. The molecule has 0 atom stereocenters. The minimum atomic E-state index is -3.41. The second-order valence-electron chi connectivity index (χ2n) is 4.73. The first-order chi connectivity index (χ1) is 9.43. The first-order valence-corrected chi connectivity index (χ1v) is 9.12. The molecule has 1 rings (SSSR count). The molecular weight excluding hydrogens is 340 g/mol. The van der Waals surface area contributed by atoms with Crippen LogP contribution in [0.4, 0.5) is 0 Å². The number of halogens is 1. The van der Waals surface area contributed by atoms with E-state index >= 15 is 0 Å². The fourth-order valence-corrected chi connectivity index (χ4v) is 4.09. The van der Waals surface area contributed by atoms with Crippen LogP contribution in [-0.2, 0) is 16.6 Å². The summed E-state index contributed by atoms with van der Waals surface area (Å²) >= 11 is 3.38. The van der Waals surface area contributed by atoms with Crippen LogP contribution in [0.25, 0.3) is 0 Å². The SMILES string of the molecule is CCCCN(C)S(=O)(=O)c1ccc(CNCC)cc1Br. The van der Waals surface area contributed by atoms with Gasteiger partial charge in [-0.2, -0.15) is 0 Å². The van der Waals surface area contributed by atoms with E-state index in [1.54, 1.807) is 13.1 Å². The molecule has 0 bridgehead atoms. The van der Waals surface area contributed by atoms with Crippen molar-refractivity contribution < 1.29 is 8.42 Å². The second-order valence-corrected chi connectivity index (χ2v) is 7.59. The third kappa shape index (κ3) is 4.55. The molecule has 0 radical (unpaired) electrons. The van der Waals surface area contributed by atoms with Crippen molar-refractivity contribution in [1.82, 2.24) is 9.62 Å². The number of rotatable bonds is 8. The van der Waals surface area contributed by atoms with Crippen molar-refractivity contribution in [2.45, 2.75) is 38.1 Å². The highest BCUT2D eigenvalue weighted by Crippen LogP contribution is 2.25. The van der Waals surface area contributed by atoms with Crippen LogP contribution in [0.15, 0.2) is 27.6 Å². The molecular formula is C14H23BrN2O2S. The van der Waals surface area contributed by atoms with E-state index in [4.69, 9.17) is 0 Å². The molecule has 0 unspecified atom stereocenters. The monoisotopic (exact) mass is 362 g/mol. The third-order valence-electron chi connectivity index (χ3n) is 3.09. The van der Waals surface area contributed by atoms with Crippen LogP contribution in [0, 0.1) is 0 Å². The Balaban J connectivity index is 2.95. The maximum atomic E-state index is 12.5. The van der Waals surface area contributed by atoms with Gasteiger partial charge < -0.3 is 5.32 Å². The van der Waals surface area contributed by atoms with Crippen molar-refractivity contribution in [3.63, 3.8) is 0 Å². The van der Waals surface area contributed by atoms with Gasteiger partial charge in [0.2, 0.25) is 10.0 Å². The van der Waals surface area contributed by atoms with Gasteiger partial charge in [0, 0.05) is 24.6 Å². The van der Waals surface area contributed by atoms with E-state index in [-0.39, 0.29) is 0 Å². The van der Waals surface area contributed by atoms with Crippen LogP contribution in [0.2, 0.25) is 0 Å². The summed E-state index contributed by atoms with van der Waals surface area (Å²) in [6.45, 7) is 6.26. The van der Waals surface area contributed by atoms with E-state index in [0.29, 0.717) is 15.9 Å². The quantitative estimate of drug-likeness (QED) is 0.773. The predicted octanol–water partition coefficient (Wildman–Crippen LogP) is 2.98. The minimum Gasteiger partial charge on any atom is -0.313 e. The smallest absolute Gasteiger partial charge is 0.243 e. The molecule has 0 aromatic heterocycles. The van der Waals surface area contributed by atoms with Gasteiger partial charge in [0.25, 0.3) is 0 Å². The van der Waals surface area contributed by atoms with Crippen LogP contribution in [0.1, 0.15) is 32.3 Å². The molecule has 0 spiro atoms. The van der Waals surface area contributed by atoms with Gasteiger partial charge in [-0.3, -0.25) is 0 Å². The maximum absolute atomic E-state index is 12.5. The summed E-state index contributed by atoms with van der Waals surface area (Å²) in [6, 6.07) is 5.39. The van der Waals surface area contributed by atoms with Crippen molar-refractivity contribution in [2.24, 2.45) is 0 Å². The molecule has 0 aliphatic carbocycles. The Bertz CT molecular complexity index is 532.